The summed E-state index contributed by atoms with van der Waals surface area (Å²) in [7, 11) is 1.83. The third-order valence-electron chi connectivity index (χ3n) is 5.80. The van der Waals surface area contributed by atoms with E-state index in [0.717, 1.165) is 47.6 Å². The summed E-state index contributed by atoms with van der Waals surface area (Å²) in [4.78, 5) is 25.7. The Morgan fingerprint density at radius 3 is 2.97 bits per heavy atom. The molecule has 0 saturated heterocycles. The first kappa shape index (κ1) is 20.3. The smallest absolute Gasteiger partial charge is 0.407 e. The zero-order chi connectivity index (χ0) is 21.3. The second kappa shape index (κ2) is 8.38. The van der Waals surface area contributed by atoms with Crippen LogP contribution in [0.1, 0.15) is 55.8 Å². The van der Waals surface area contributed by atoms with Crippen molar-refractivity contribution < 1.29 is 14.3 Å². The number of carbonyl (C=O) groups excluding carboxylic acids is 2. The Morgan fingerprint density at radius 2 is 2.17 bits per heavy atom. The Hall–Kier alpha value is -3.03. The van der Waals surface area contributed by atoms with Gasteiger partial charge in [-0.15, -0.1) is 0 Å². The van der Waals surface area contributed by atoms with Crippen molar-refractivity contribution in [3.63, 3.8) is 0 Å². The standard InChI is InChI=1S/C22H29N5O3/c1-13(2)23-22(29)30-16-8-7-14(9-16)19-11-20(26-25-19)24-18-6-4-5-15-12-27(3)21(28)10-17(15)18/h4-6,11,13-14,16H,7-10,12H2,1-3H3,(H,23,29)(H2,24,25,26)/t14-,16+/m0/s1. The molecule has 1 aromatic carbocycles. The summed E-state index contributed by atoms with van der Waals surface area (Å²) in [5, 5.41) is 13.7. The number of alkyl carbamates (subject to hydrolysis) is 1. The lowest BCUT2D eigenvalue weighted by Crippen LogP contribution is -2.33. The van der Waals surface area contributed by atoms with E-state index in [9.17, 15) is 9.59 Å². The molecule has 0 unspecified atom stereocenters. The topological polar surface area (TPSA) is 99.3 Å². The fourth-order valence-corrected chi connectivity index (χ4v) is 4.24. The molecule has 2 heterocycles. The van der Waals surface area contributed by atoms with Crippen LogP contribution in [-0.2, 0) is 22.5 Å². The molecule has 0 spiro atoms. The van der Waals surface area contributed by atoms with Crippen molar-refractivity contribution in [1.29, 1.82) is 0 Å². The van der Waals surface area contributed by atoms with Crippen molar-refractivity contribution in [3.8, 4) is 0 Å². The SMILES string of the molecule is CC(C)NC(=O)O[C@@H]1CC[C@H](c2cc(Nc3cccc4c3CC(=O)N(C)C4)n[nH]2)C1. The number of ether oxygens (including phenoxy) is 1. The first-order valence-corrected chi connectivity index (χ1v) is 10.5. The van der Waals surface area contributed by atoms with Crippen LogP contribution in [0.25, 0.3) is 0 Å². The van der Waals surface area contributed by atoms with Crippen LogP contribution in [0.2, 0.25) is 0 Å². The van der Waals surface area contributed by atoms with Gasteiger partial charge in [-0.25, -0.2) is 4.79 Å². The quantitative estimate of drug-likeness (QED) is 0.700. The van der Waals surface area contributed by atoms with Crippen molar-refractivity contribution in [3.05, 3.63) is 41.1 Å². The van der Waals surface area contributed by atoms with Gasteiger partial charge in [0.05, 0.1) is 6.42 Å². The van der Waals surface area contributed by atoms with E-state index < -0.39 is 0 Å². The van der Waals surface area contributed by atoms with E-state index in [1.54, 1.807) is 4.90 Å². The predicted molar refractivity (Wildman–Crippen MR) is 114 cm³/mol. The van der Waals surface area contributed by atoms with Crippen molar-refractivity contribution >= 4 is 23.5 Å². The van der Waals surface area contributed by atoms with Gasteiger partial charge in [-0.3, -0.25) is 9.89 Å². The highest BCUT2D eigenvalue weighted by atomic mass is 16.6. The second-order valence-corrected chi connectivity index (χ2v) is 8.54. The molecule has 8 nitrogen and oxygen atoms in total. The lowest BCUT2D eigenvalue weighted by Gasteiger charge is -2.26. The first-order chi connectivity index (χ1) is 14.4. The molecular weight excluding hydrogens is 382 g/mol. The van der Waals surface area contributed by atoms with Crippen LogP contribution in [0.5, 0.6) is 0 Å². The second-order valence-electron chi connectivity index (χ2n) is 8.54. The molecule has 2 amide bonds. The molecule has 3 N–H and O–H groups in total. The number of likely N-dealkylation sites (N-methyl/N-ethyl adjacent to an activating group) is 1. The summed E-state index contributed by atoms with van der Waals surface area (Å²) in [6, 6.07) is 8.12. The summed E-state index contributed by atoms with van der Waals surface area (Å²) in [6.07, 6.45) is 2.55. The summed E-state index contributed by atoms with van der Waals surface area (Å²) in [5.41, 5.74) is 4.16. The summed E-state index contributed by atoms with van der Waals surface area (Å²) in [5.74, 6) is 1.13. The number of aromatic nitrogens is 2. The number of anilines is 2. The van der Waals surface area contributed by atoms with Crippen molar-refractivity contribution in [2.75, 3.05) is 12.4 Å². The minimum Gasteiger partial charge on any atom is -0.446 e. The predicted octanol–water partition coefficient (Wildman–Crippen LogP) is 3.44. The van der Waals surface area contributed by atoms with Crippen molar-refractivity contribution in [1.82, 2.24) is 20.4 Å². The molecular formula is C22H29N5O3. The fraction of sp³-hybridized carbons (Fsp3) is 0.500. The molecule has 1 saturated carbocycles. The number of hydrogen-bond donors (Lipinski definition) is 3. The summed E-state index contributed by atoms with van der Waals surface area (Å²) >= 11 is 0. The molecule has 1 aliphatic heterocycles. The van der Waals surface area contributed by atoms with Gasteiger partial charge in [-0.2, -0.15) is 5.10 Å². The third-order valence-corrected chi connectivity index (χ3v) is 5.80. The van der Waals surface area contributed by atoms with Crippen LogP contribution in [0.3, 0.4) is 0 Å². The molecule has 8 heteroatoms. The minimum atomic E-state index is -0.350. The molecule has 0 bridgehead atoms. The monoisotopic (exact) mass is 411 g/mol. The number of nitrogens with one attached hydrogen (secondary N) is 3. The van der Waals surface area contributed by atoms with E-state index in [1.807, 2.05) is 39.1 Å². The van der Waals surface area contributed by atoms with Gasteiger partial charge in [0.2, 0.25) is 5.91 Å². The van der Waals surface area contributed by atoms with Gasteiger partial charge in [0, 0.05) is 43.0 Å². The summed E-state index contributed by atoms with van der Waals surface area (Å²) in [6.45, 7) is 4.45. The number of aromatic amines is 1. The van der Waals surface area contributed by atoms with Crippen LogP contribution in [0.15, 0.2) is 24.3 Å². The van der Waals surface area contributed by atoms with E-state index in [1.165, 1.54) is 0 Å². The van der Waals surface area contributed by atoms with E-state index in [-0.39, 0.29) is 30.1 Å². The summed E-state index contributed by atoms with van der Waals surface area (Å²) < 4.78 is 5.52. The van der Waals surface area contributed by atoms with Crippen LogP contribution in [-0.4, -0.2) is 46.3 Å². The molecule has 1 aliphatic carbocycles. The highest BCUT2D eigenvalue weighted by molar-refractivity contribution is 5.83. The lowest BCUT2D eigenvalue weighted by atomic mass is 9.97. The number of fused-ring (bicyclic) bond motifs is 1. The van der Waals surface area contributed by atoms with E-state index in [0.29, 0.717) is 13.0 Å². The molecule has 30 heavy (non-hydrogen) atoms. The molecule has 1 aromatic heterocycles. The molecule has 160 valence electrons. The number of nitrogens with zero attached hydrogens (tertiary/aromatic N) is 2. The normalized spacial score (nSPS) is 20.9. The van der Waals surface area contributed by atoms with Gasteiger partial charge in [0.1, 0.15) is 6.10 Å². The fourth-order valence-electron chi connectivity index (χ4n) is 4.24. The average molecular weight is 412 g/mol. The Morgan fingerprint density at radius 1 is 1.33 bits per heavy atom. The maximum atomic E-state index is 12.1. The number of benzene rings is 1. The van der Waals surface area contributed by atoms with Crippen LogP contribution < -0.4 is 10.6 Å². The van der Waals surface area contributed by atoms with Gasteiger partial charge in [-0.05, 0) is 50.3 Å². The van der Waals surface area contributed by atoms with Crippen molar-refractivity contribution in [2.45, 2.75) is 64.1 Å². The molecule has 0 radical (unpaired) electrons. The van der Waals surface area contributed by atoms with E-state index in [2.05, 4.69) is 26.9 Å². The van der Waals surface area contributed by atoms with E-state index in [4.69, 9.17) is 4.74 Å². The maximum Gasteiger partial charge on any atom is 0.407 e. The molecule has 4 rings (SSSR count). The van der Waals surface area contributed by atoms with E-state index >= 15 is 0 Å². The first-order valence-electron chi connectivity index (χ1n) is 10.5. The van der Waals surface area contributed by atoms with Gasteiger partial charge in [-0.1, -0.05) is 12.1 Å². The number of hydrogen-bond acceptors (Lipinski definition) is 5. The Bertz CT molecular complexity index is 939. The largest absolute Gasteiger partial charge is 0.446 e. The number of carbonyl (C=O) groups is 2. The van der Waals surface area contributed by atoms with Gasteiger partial charge in [0.25, 0.3) is 0 Å². The Kier molecular flexibility index (Phi) is 5.65. The zero-order valence-electron chi connectivity index (χ0n) is 17.7. The highest BCUT2D eigenvalue weighted by Crippen LogP contribution is 2.36. The van der Waals surface area contributed by atoms with Crippen LogP contribution in [0, 0.1) is 0 Å². The van der Waals surface area contributed by atoms with Crippen LogP contribution >= 0.6 is 0 Å². The molecule has 2 aliphatic rings. The Labute approximate surface area is 176 Å². The molecule has 2 atom stereocenters. The number of H-pyrrole nitrogens is 1. The van der Waals surface area contributed by atoms with Gasteiger partial charge >= 0.3 is 6.09 Å². The van der Waals surface area contributed by atoms with Gasteiger partial charge < -0.3 is 20.3 Å². The average Bonchev–Trinajstić information content (AvgIpc) is 3.32. The number of amides is 2. The van der Waals surface area contributed by atoms with Crippen LogP contribution in [0.4, 0.5) is 16.3 Å². The lowest BCUT2D eigenvalue weighted by molar-refractivity contribution is -0.130. The zero-order valence-corrected chi connectivity index (χ0v) is 17.7. The minimum absolute atomic E-state index is 0.0652. The Balaban J connectivity index is 1.40. The molecule has 2 aromatic rings. The number of rotatable bonds is 5. The third kappa shape index (κ3) is 4.42. The maximum absolute atomic E-state index is 12.1. The highest BCUT2D eigenvalue weighted by Gasteiger charge is 2.30. The van der Waals surface area contributed by atoms with Crippen molar-refractivity contribution in [2.24, 2.45) is 0 Å². The molecule has 1 fully saturated rings. The van der Waals surface area contributed by atoms with Gasteiger partial charge in [0.15, 0.2) is 5.82 Å².